The van der Waals surface area contributed by atoms with Crippen molar-refractivity contribution in [2.75, 3.05) is 19.8 Å². The smallest absolute Gasteiger partial charge is 0.0491 e. The summed E-state index contributed by atoms with van der Waals surface area (Å²) in [6, 6.07) is 0. The van der Waals surface area contributed by atoms with E-state index in [-0.39, 0.29) is 0 Å². The molecule has 0 aromatic carbocycles. The van der Waals surface area contributed by atoms with Gasteiger partial charge in [0.05, 0.1) is 0 Å². The first-order valence-electron chi connectivity index (χ1n) is 3.59. The minimum atomic E-state index is 0.620. The predicted molar refractivity (Wildman–Crippen MR) is 39.3 cm³/mol. The quantitative estimate of drug-likeness (QED) is 0.604. The van der Waals surface area contributed by atoms with Crippen molar-refractivity contribution >= 4 is 0 Å². The zero-order valence-electron chi connectivity index (χ0n) is 6.39. The van der Waals surface area contributed by atoms with Gasteiger partial charge < -0.3 is 10.5 Å². The van der Waals surface area contributed by atoms with E-state index < -0.39 is 0 Å². The van der Waals surface area contributed by atoms with E-state index in [0.717, 1.165) is 26.2 Å². The predicted octanol–water partition coefficient (Wildman–Crippen LogP) is 1.01. The first-order chi connectivity index (χ1) is 4.31. The molecule has 0 aromatic heterocycles. The molecule has 2 heteroatoms. The summed E-state index contributed by atoms with van der Waals surface area (Å²) >= 11 is 0. The summed E-state index contributed by atoms with van der Waals surface area (Å²) in [4.78, 5) is 0. The van der Waals surface area contributed by atoms with Gasteiger partial charge in [-0.05, 0) is 25.8 Å². The van der Waals surface area contributed by atoms with E-state index in [4.69, 9.17) is 10.5 Å². The Bertz CT molecular complexity index is 56.9. The molecule has 0 spiro atoms. The molecule has 0 radical (unpaired) electrons. The summed E-state index contributed by atoms with van der Waals surface area (Å²) in [6.45, 7) is 6.61. The fourth-order valence-corrected chi connectivity index (χ4v) is 0.687. The van der Waals surface area contributed by atoms with E-state index in [9.17, 15) is 0 Å². The second-order valence-corrected chi connectivity index (χ2v) is 2.34. The van der Waals surface area contributed by atoms with E-state index in [0.29, 0.717) is 5.92 Å². The fourth-order valence-electron chi connectivity index (χ4n) is 0.687. The van der Waals surface area contributed by atoms with Crippen molar-refractivity contribution in [2.45, 2.75) is 20.3 Å². The molecule has 0 saturated carbocycles. The number of ether oxygens (including phenoxy) is 1. The minimum Gasteiger partial charge on any atom is -0.381 e. The summed E-state index contributed by atoms with van der Waals surface area (Å²) in [5, 5.41) is 0. The SMILES string of the molecule is CCOCC(C)CCN. The molecule has 9 heavy (non-hydrogen) atoms. The van der Waals surface area contributed by atoms with Crippen LogP contribution in [0.2, 0.25) is 0 Å². The first kappa shape index (κ1) is 8.92. The van der Waals surface area contributed by atoms with Gasteiger partial charge in [0.2, 0.25) is 0 Å². The number of rotatable bonds is 5. The fraction of sp³-hybridized carbons (Fsp3) is 1.00. The van der Waals surface area contributed by atoms with Crippen LogP contribution in [0.1, 0.15) is 20.3 Å². The first-order valence-corrected chi connectivity index (χ1v) is 3.59. The molecular weight excluding hydrogens is 114 g/mol. The molecule has 0 fully saturated rings. The zero-order valence-corrected chi connectivity index (χ0v) is 6.39. The van der Waals surface area contributed by atoms with Crippen molar-refractivity contribution in [2.24, 2.45) is 11.7 Å². The monoisotopic (exact) mass is 131 g/mol. The number of hydrogen-bond donors (Lipinski definition) is 1. The molecule has 0 bridgehead atoms. The standard InChI is InChI=1S/C7H17NO/c1-3-9-6-7(2)4-5-8/h7H,3-6,8H2,1-2H3. The second kappa shape index (κ2) is 6.05. The summed E-state index contributed by atoms with van der Waals surface area (Å²) in [5.41, 5.74) is 5.35. The summed E-state index contributed by atoms with van der Waals surface area (Å²) in [6.07, 6.45) is 1.07. The average molecular weight is 131 g/mol. The third-order valence-electron chi connectivity index (χ3n) is 1.27. The van der Waals surface area contributed by atoms with Gasteiger partial charge >= 0.3 is 0 Å². The van der Waals surface area contributed by atoms with E-state index in [1.807, 2.05) is 6.92 Å². The Morgan fingerprint density at radius 1 is 1.56 bits per heavy atom. The molecule has 0 rings (SSSR count). The van der Waals surface area contributed by atoms with Gasteiger partial charge in [-0.2, -0.15) is 0 Å². The van der Waals surface area contributed by atoms with Crippen LogP contribution >= 0.6 is 0 Å². The third kappa shape index (κ3) is 5.80. The molecule has 0 saturated heterocycles. The molecule has 0 aliphatic carbocycles. The van der Waals surface area contributed by atoms with Crippen LogP contribution in [0, 0.1) is 5.92 Å². The number of nitrogens with two attached hydrogens (primary N) is 1. The van der Waals surface area contributed by atoms with Crippen LogP contribution in [0.25, 0.3) is 0 Å². The topological polar surface area (TPSA) is 35.2 Å². The van der Waals surface area contributed by atoms with Crippen molar-refractivity contribution in [3.63, 3.8) is 0 Å². The van der Waals surface area contributed by atoms with Crippen LogP contribution in [-0.4, -0.2) is 19.8 Å². The maximum Gasteiger partial charge on any atom is 0.0491 e. The van der Waals surface area contributed by atoms with Crippen molar-refractivity contribution < 1.29 is 4.74 Å². The summed E-state index contributed by atoms with van der Waals surface area (Å²) < 4.78 is 5.19. The van der Waals surface area contributed by atoms with E-state index in [1.165, 1.54) is 0 Å². The van der Waals surface area contributed by atoms with Crippen LogP contribution in [0.5, 0.6) is 0 Å². The Hall–Kier alpha value is -0.0800. The van der Waals surface area contributed by atoms with Crippen molar-refractivity contribution in [1.29, 1.82) is 0 Å². The highest BCUT2D eigenvalue weighted by atomic mass is 16.5. The lowest BCUT2D eigenvalue weighted by molar-refractivity contribution is 0.114. The lowest BCUT2D eigenvalue weighted by atomic mass is 10.1. The Labute approximate surface area is 57.4 Å². The molecule has 0 aliphatic heterocycles. The molecule has 1 atom stereocenters. The molecule has 0 aromatic rings. The van der Waals surface area contributed by atoms with Crippen LogP contribution in [0.3, 0.4) is 0 Å². The Balaban J connectivity index is 2.95. The van der Waals surface area contributed by atoms with Crippen LogP contribution in [0.15, 0.2) is 0 Å². The molecular formula is C7H17NO. The van der Waals surface area contributed by atoms with Gasteiger partial charge in [-0.1, -0.05) is 6.92 Å². The van der Waals surface area contributed by atoms with E-state index in [2.05, 4.69) is 6.92 Å². The molecule has 56 valence electrons. The van der Waals surface area contributed by atoms with Gasteiger partial charge in [0.25, 0.3) is 0 Å². The highest BCUT2D eigenvalue weighted by Gasteiger charge is 1.97. The molecule has 0 amide bonds. The van der Waals surface area contributed by atoms with Gasteiger partial charge in [-0.15, -0.1) is 0 Å². The Morgan fingerprint density at radius 3 is 2.67 bits per heavy atom. The largest absolute Gasteiger partial charge is 0.381 e. The maximum atomic E-state index is 5.35. The average Bonchev–Trinajstić information content (AvgIpc) is 1.85. The van der Waals surface area contributed by atoms with Crippen molar-refractivity contribution in [1.82, 2.24) is 0 Å². The highest BCUT2D eigenvalue weighted by molar-refractivity contribution is 4.50. The second-order valence-electron chi connectivity index (χ2n) is 2.34. The molecule has 0 heterocycles. The van der Waals surface area contributed by atoms with Gasteiger partial charge in [0.15, 0.2) is 0 Å². The van der Waals surface area contributed by atoms with Crippen molar-refractivity contribution in [3.8, 4) is 0 Å². The van der Waals surface area contributed by atoms with Crippen LogP contribution < -0.4 is 5.73 Å². The zero-order chi connectivity index (χ0) is 7.11. The molecule has 1 unspecified atom stereocenters. The maximum absolute atomic E-state index is 5.35. The van der Waals surface area contributed by atoms with E-state index >= 15 is 0 Å². The van der Waals surface area contributed by atoms with Crippen molar-refractivity contribution in [3.05, 3.63) is 0 Å². The lowest BCUT2D eigenvalue weighted by Gasteiger charge is -2.08. The Morgan fingerprint density at radius 2 is 2.22 bits per heavy atom. The third-order valence-corrected chi connectivity index (χ3v) is 1.27. The van der Waals surface area contributed by atoms with Gasteiger partial charge in [-0.3, -0.25) is 0 Å². The van der Waals surface area contributed by atoms with Gasteiger partial charge in [0, 0.05) is 13.2 Å². The highest BCUT2D eigenvalue weighted by Crippen LogP contribution is 1.99. The lowest BCUT2D eigenvalue weighted by Crippen LogP contribution is -2.11. The van der Waals surface area contributed by atoms with Gasteiger partial charge in [-0.25, -0.2) is 0 Å². The van der Waals surface area contributed by atoms with Crippen LogP contribution in [-0.2, 0) is 4.74 Å². The number of hydrogen-bond acceptors (Lipinski definition) is 2. The molecule has 2 nitrogen and oxygen atoms in total. The van der Waals surface area contributed by atoms with E-state index in [1.54, 1.807) is 0 Å². The summed E-state index contributed by atoms with van der Waals surface area (Å²) in [7, 11) is 0. The molecule has 2 N–H and O–H groups in total. The Kier molecular flexibility index (Phi) is 5.99. The normalized spacial score (nSPS) is 13.7. The minimum absolute atomic E-state index is 0.620. The van der Waals surface area contributed by atoms with Gasteiger partial charge in [0.1, 0.15) is 0 Å². The van der Waals surface area contributed by atoms with Crippen LogP contribution in [0.4, 0.5) is 0 Å². The summed E-state index contributed by atoms with van der Waals surface area (Å²) in [5.74, 6) is 0.620. The molecule has 0 aliphatic rings.